The molecule has 2 aliphatic rings. The van der Waals surface area contributed by atoms with Crippen LogP contribution in [0.4, 0.5) is 4.79 Å². The zero-order chi connectivity index (χ0) is 11.7. The van der Waals surface area contributed by atoms with Crippen molar-refractivity contribution >= 4 is 12.1 Å². The molecule has 1 amide bonds. The molecular formula is C11H15NO4. The van der Waals surface area contributed by atoms with Crippen molar-refractivity contribution in [3.63, 3.8) is 0 Å². The van der Waals surface area contributed by atoms with Crippen molar-refractivity contribution in [2.24, 2.45) is 0 Å². The largest absolute Gasteiger partial charge is 0.466 e. The Bertz CT molecular complexity index is 350. The van der Waals surface area contributed by atoms with Crippen LogP contribution < -0.4 is 0 Å². The summed E-state index contributed by atoms with van der Waals surface area (Å²) in [5.74, 6) is -0.346. The van der Waals surface area contributed by atoms with E-state index in [2.05, 4.69) is 4.74 Å². The van der Waals surface area contributed by atoms with E-state index in [1.165, 1.54) is 7.11 Å². The summed E-state index contributed by atoms with van der Waals surface area (Å²) in [6.45, 7) is 2.12. The van der Waals surface area contributed by atoms with Crippen LogP contribution in [-0.4, -0.2) is 42.8 Å². The summed E-state index contributed by atoms with van der Waals surface area (Å²) >= 11 is 0. The number of nitrogens with zero attached hydrogens (tertiary/aromatic N) is 1. The van der Waals surface area contributed by atoms with Gasteiger partial charge in [-0.25, -0.2) is 9.59 Å². The predicted octanol–water partition coefficient (Wildman–Crippen LogP) is 1.09. The molecule has 0 saturated carbocycles. The van der Waals surface area contributed by atoms with Gasteiger partial charge in [0, 0.05) is 0 Å². The van der Waals surface area contributed by atoms with E-state index in [0.717, 1.165) is 12.8 Å². The van der Waals surface area contributed by atoms with Crippen molar-refractivity contribution in [1.29, 1.82) is 0 Å². The Morgan fingerprint density at radius 2 is 2.25 bits per heavy atom. The van der Waals surface area contributed by atoms with E-state index in [0.29, 0.717) is 12.2 Å². The molecule has 0 aromatic rings. The Hall–Kier alpha value is -1.52. The van der Waals surface area contributed by atoms with Gasteiger partial charge in [0.05, 0.1) is 31.4 Å². The molecule has 1 saturated heterocycles. The fraction of sp³-hybridized carbons (Fsp3) is 0.636. The van der Waals surface area contributed by atoms with Crippen LogP contribution in [0.5, 0.6) is 0 Å². The second-order valence-electron chi connectivity index (χ2n) is 3.88. The maximum Gasteiger partial charge on any atom is 0.410 e. The summed E-state index contributed by atoms with van der Waals surface area (Å²) in [6, 6.07) is -0.158. The van der Waals surface area contributed by atoms with E-state index in [1.807, 2.05) is 6.08 Å². The summed E-state index contributed by atoms with van der Waals surface area (Å²) < 4.78 is 9.66. The van der Waals surface area contributed by atoms with Gasteiger partial charge in [-0.3, -0.25) is 4.90 Å². The minimum Gasteiger partial charge on any atom is -0.466 e. The van der Waals surface area contributed by atoms with Gasteiger partial charge in [0.2, 0.25) is 0 Å². The highest BCUT2D eigenvalue weighted by molar-refractivity contribution is 5.92. The van der Waals surface area contributed by atoms with Crippen LogP contribution in [0, 0.1) is 0 Å². The van der Waals surface area contributed by atoms with Gasteiger partial charge in [-0.05, 0) is 25.8 Å². The maximum absolute atomic E-state index is 11.7. The molecule has 0 aliphatic carbocycles. The summed E-state index contributed by atoms with van der Waals surface area (Å²) in [7, 11) is 1.35. The molecule has 88 valence electrons. The lowest BCUT2D eigenvalue weighted by Gasteiger charge is -2.22. The van der Waals surface area contributed by atoms with E-state index < -0.39 is 0 Å². The Balaban J connectivity index is 2.13. The highest BCUT2D eigenvalue weighted by Crippen LogP contribution is 2.37. The second kappa shape index (κ2) is 4.15. The maximum atomic E-state index is 11.7. The molecule has 16 heavy (non-hydrogen) atoms. The second-order valence-corrected chi connectivity index (χ2v) is 3.88. The smallest absolute Gasteiger partial charge is 0.410 e. The zero-order valence-corrected chi connectivity index (χ0v) is 9.43. The average molecular weight is 225 g/mol. The molecule has 0 N–H and O–H groups in total. The number of carbonyl (C=O) groups excluding carboxylic acids is 2. The Morgan fingerprint density at radius 1 is 1.50 bits per heavy atom. The molecule has 0 unspecified atom stereocenters. The van der Waals surface area contributed by atoms with Gasteiger partial charge in [-0.1, -0.05) is 0 Å². The van der Waals surface area contributed by atoms with Crippen LogP contribution in [0.2, 0.25) is 0 Å². The van der Waals surface area contributed by atoms with Gasteiger partial charge in [-0.2, -0.15) is 0 Å². The monoisotopic (exact) mass is 225 g/mol. The zero-order valence-electron chi connectivity index (χ0n) is 9.43. The van der Waals surface area contributed by atoms with Crippen molar-refractivity contribution in [2.45, 2.75) is 31.8 Å². The standard InChI is InChI=1S/C11H15NO4/c1-3-16-11(14)12-7-4-5-9(12)8(6-7)10(13)15-2/h6-7,9H,3-5H2,1-2H3/t7-,9+/m1/s1. The number of esters is 1. The first-order chi connectivity index (χ1) is 7.69. The van der Waals surface area contributed by atoms with Gasteiger partial charge in [-0.15, -0.1) is 0 Å². The Morgan fingerprint density at radius 3 is 2.88 bits per heavy atom. The van der Waals surface area contributed by atoms with Crippen LogP contribution >= 0.6 is 0 Å². The molecule has 2 rings (SSSR count). The van der Waals surface area contributed by atoms with E-state index in [9.17, 15) is 9.59 Å². The van der Waals surface area contributed by atoms with E-state index in [1.54, 1.807) is 11.8 Å². The Labute approximate surface area is 94.0 Å². The van der Waals surface area contributed by atoms with Crippen molar-refractivity contribution < 1.29 is 19.1 Å². The molecule has 2 atom stereocenters. The molecule has 0 aromatic heterocycles. The third-order valence-electron chi connectivity index (χ3n) is 3.06. The van der Waals surface area contributed by atoms with E-state index >= 15 is 0 Å². The number of hydrogen-bond acceptors (Lipinski definition) is 4. The SMILES string of the molecule is CCOC(=O)N1[C@H]2C=C(C(=O)OC)[C@@H]1CC2. The first kappa shape index (κ1) is 11.0. The number of rotatable bonds is 2. The number of methoxy groups -OCH3 is 1. The van der Waals surface area contributed by atoms with Gasteiger partial charge in [0.1, 0.15) is 0 Å². The molecule has 2 heterocycles. The first-order valence-electron chi connectivity index (χ1n) is 5.44. The van der Waals surface area contributed by atoms with Crippen molar-refractivity contribution in [3.05, 3.63) is 11.6 Å². The number of ether oxygens (including phenoxy) is 2. The highest BCUT2D eigenvalue weighted by atomic mass is 16.6. The minimum absolute atomic E-state index is 0.00171. The normalized spacial score (nSPS) is 26.6. The molecule has 5 nitrogen and oxygen atoms in total. The van der Waals surface area contributed by atoms with Crippen LogP contribution in [0.1, 0.15) is 19.8 Å². The lowest BCUT2D eigenvalue weighted by molar-refractivity contribution is -0.136. The van der Waals surface area contributed by atoms with Crippen molar-refractivity contribution in [3.8, 4) is 0 Å². The third kappa shape index (κ3) is 1.56. The van der Waals surface area contributed by atoms with E-state index in [4.69, 9.17) is 4.74 Å². The van der Waals surface area contributed by atoms with Gasteiger partial charge in [0.15, 0.2) is 0 Å². The fourth-order valence-electron chi connectivity index (χ4n) is 2.41. The highest BCUT2D eigenvalue weighted by Gasteiger charge is 2.46. The van der Waals surface area contributed by atoms with Crippen LogP contribution in [0.3, 0.4) is 0 Å². The molecule has 2 bridgehead atoms. The lowest BCUT2D eigenvalue weighted by atomic mass is 10.00. The Kier molecular flexibility index (Phi) is 2.85. The quantitative estimate of drug-likeness (QED) is 0.660. The molecule has 1 fully saturated rings. The van der Waals surface area contributed by atoms with Crippen molar-refractivity contribution in [1.82, 2.24) is 4.90 Å². The van der Waals surface area contributed by atoms with Gasteiger partial charge >= 0.3 is 12.1 Å². The topological polar surface area (TPSA) is 55.8 Å². The molecular weight excluding hydrogens is 210 g/mol. The van der Waals surface area contributed by atoms with Crippen LogP contribution in [0.25, 0.3) is 0 Å². The molecule has 5 heteroatoms. The number of amides is 1. The van der Waals surface area contributed by atoms with Crippen LogP contribution in [-0.2, 0) is 14.3 Å². The third-order valence-corrected chi connectivity index (χ3v) is 3.06. The van der Waals surface area contributed by atoms with E-state index in [-0.39, 0.29) is 24.1 Å². The number of carbonyl (C=O) groups is 2. The summed E-state index contributed by atoms with van der Waals surface area (Å²) in [6.07, 6.45) is 3.18. The van der Waals surface area contributed by atoms with Gasteiger partial charge in [0.25, 0.3) is 0 Å². The van der Waals surface area contributed by atoms with Gasteiger partial charge < -0.3 is 9.47 Å². The van der Waals surface area contributed by atoms with Crippen molar-refractivity contribution in [2.75, 3.05) is 13.7 Å². The summed E-state index contributed by atoms with van der Waals surface area (Å²) in [5, 5.41) is 0. The lowest BCUT2D eigenvalue weighted by Crippen LogP contribution is -2.38. The average Bonchev–Trinajstić information content (AvgIpc) is 2.85. The predicted molar refractivity (Wildman–Crippen MR) is 55.8 cm³/mol. The molecule has 0 aromatic carbocycles. The summed E-state index contributed by atoms with van der Waals surface area (Å²) in [5.41, 5.74) is 0.590. The molecule has 2 aliphatic heterocycles. The number of hydrogen-bond donors (Lipinski definition) is 0. The first-order valence-corrected chi connectivity index (χ1v) is 5.44. The summed E-state index contributed by atoms with van der Waals surface area (Å²) in [4.78, 5) is 24.8. The molecule has 0 radical (unpaired) electrons. The fourth-order valence-corrected chi connectivity index (χ4v) is 2.41. The number of fused-ring (bicyclic) bond motifs is 2. The minimum atomic E-state index is -0.346. The molecule has 0 spiro atoms. The van der Waals surface area contributed by atoms with Crippen LogP contribution in [0.15, 0.2) is 11.6 Å².